The smallest absolute Gasteiger partial charge is 0.234 e. The molecule has 84 valence electrons. The first-order chi connectivity index (χ1) is 7.79. The second-order valence-corrected chi connectivity index (χ2v) is 4.07. The standard InChI is InChI=1S/C10H11N3O2S/c1-2-3-7(14)4-9-12-10(13-15-9)8-5-16-6-11-8/h5-6H,2-4H2,1H3. The molecule has 0 saturated heterocycles. The fourth-order valence-corrected chi connectivity index (χ4v) is 1.82. The lowest BCUT2D eigenvalue weighted by atomic mass is 10.2. The second-order valence-electron chi connectivity index (χ2n) is 3.35. The number of hydrogen-bond donors (Lipinski definition) is 0. The van der Waals surface area contributed by atoms with Crippen LogP contribution in [-0.2, 0) is 11.2 Å². The molecule has 0 radical (unpaired) electrons. The SMILES string of the molecule is CCCC(=O)Cc1nc(-c2cscn2)no1. The van der Waals surface area contributed by atoms with Crippen LogP contribution in [0.5, 0.6) is 0 Å². The summed E-state index contributed by atoms with van der Waals surface area (Å²) in [6, 6.07) is 0. The lowest BCUT2D eigenvalue weighted by Crippen LogP contribution is -2.01. The van der Waals surface area contributed by atoms with E-state index in [0.29, 0.717) is 23.8 Å². The summed E-state index contributed by atoms with van der Waals surface area (Å²) in [5, 5.41) is 5.61. The third kappa shape index (κ3) is 2.52. The van der Waals surface area contributed by atoms with Gasteiger partial charge >= 0.3 is 0 Å². The fourth-order valence-electron chi connectivity index (χ4n) is 1.29. The van der Waals surface area contributed by atoms with E-state index in [9.17, 15) is 4.79 Å². The molecule has 0 aliphatic rings. The average Bonchev–Trinajstić information content (AvgIpc) is 2.86. The van der Waals surface area contributed by atoms with Crippen molar-refractivity contribution in [1.29, 1.82) is 0 Å². The monoisotopic (exact) mass is 237 g/mol. The Morgan fingerprint density at radius 2 is 2.44 bits per heavy atom. The minimum atomic E-state index is 0.121. The minimum Gasteiger partial charge on any atom is -0.338 e. The summed E-state index contributed by atoms with van der Waals surface area (Å²) in [6.07, 6.45) is 1.60. The number of aromatic nitrogens is 3. The molecule has 0 unspecified atom stereocenters. The Morgan fingerprint density at radius 3 is 3.12 bits per heavy atom. The molecule has 0 spiro atoms. The van der Waals surface area contributed by atoms with Gasteiger partial charge in [0.2, 0.25) is 11.7 Å². The van der Waals surface area contributed by atoms with Gasteiger partial charge in [0.05, 0.1) is 11.9 Å². The van der Waals surface area contributed by atoms with Gasteiger partial charge in [0, 0.05) is 11.8 Å². The normalized spacial score (nSPS) is 10.6. The molecule has 0 aliphatic carbocycles. The largest absolute Gasteiger partial charge is 0.338 e. The first-order valence-electron chi connectivity index (χ1n) is 5.02. The van der Waals surface area contributed by atoms with Crippen molar-refractivity contribution in [2.24, 2.45) is 0 Å². The lowest BCUT2D eigenvalue weighted by molar-refractivity contribution is -0.118. The van der Waals surface area contributed by atoms with E-state index in [2.05, 4.69) is 15.1 Å². The molecule has 5 nitrogen and oxygen atoms in total. The van der Waals surface area contributed by atoms with Crippen molar-refractivity contribution in [1.82, 2.24) is 15.1 Å². The molecule has 2 aromatic heterocycles. The molecule has 0 bridgehead atoms. The maximum absolute atomic E-state index is 11.4. The average molecular weight is 237 g/mol. The summed E-state index contributed by atoms with van der Waals surface area (Å²) in [7, 11) is 0. The van der Waals surface area contributed by atoms with Crippen molar-refractivity contribution in [3.05, 3.63) is 16.8 Å². The highest BCUT2D eigenvalue weighted by Gasteiger charge is 2.12. The van der Waals surface area contributed by atoms with Gasteiger partial charge in [-0.2, -0.15) is 4.98 Å². The van der Waals surface area contributed by atoms with Gasteiger partial charge < -0.3 is 4.52 Å². The van der Waals surface area contributed by atoms with Gasteiger partial charge in [0.1, 0.15) is 11.5 Å². The minimum absolute atomic E-state index is 0.121. The molecule has 16 heavy (non-hydrogen) atoms. The number of nitrogens with zero attached hydrogens (tertiary/aromatic N) is 3. The zero-order valence-electron chi connectivity index (χ0n) is 8.84. The Balaban J connectivity index is 2.06. The van der Waals surface area contributed by atoms with E-state index in [4.69, 9.17) is 4.52 Å². The summed E-state index contributed by atoms with van der Waals surface area (Å²) < 4.78 is 4.99. The van der Waals surface area contributed by atoms with Gasteiger partial charge in [-0.15, -0.1) is 11.3 Å². The second kappa shape index (κ2) is 4.98. The first-order valence-corrected chi connectivity index (χ1v) is 5.96. The Morgan fingerprint density at radius 1 is 1.56 bits per heavy atom. The van der Waals surface area contributed by atoms with Crippen LogP contribution >= 0.6 is 11.3 Å². The highest BCUT2D eigenvalue weighted by atomic mass is 32.1. The molecule has 0 aliphatic heterocycles. The van der Waals surface area contributed by atoms with E-state index in [-0.39, 0.29) is 12.2 Å². The molecule has 0 fully saturated rings. The van der Waals surface area contributed by atoms with E-state index in [1.54, 1.807) is 5.51 Å². The lowest BCUT2D eigenvalue weighted by Gasteiger charge is -1.91. The third-order valence-corrected chi connectivity index (χ3v) is 2.59. The highest BCUT2D eigenvalue weighted by molar-refractivity contribution is 7.07. The zero-order chi connectivity index (χ0) is 11.4. The van der Waals surface area contributed by atoms with E-state index in [0.717, 1.165) is 6.42 Å². The molecule has 0 amide bonds. The van der Waals surface area contributed by atoms with Gasteiger partial charge in [0.15, 0.2) is 0 Å². The molecular formula is C10H11N3O2S. The predicted octanol–water partition coefficient (Wildman–Crippen LogP) is 2.10. The summed E-state index contributed by atoms with van der Waals surface area (Å²) in [5.74, 6) is 0.929. The topological polar surface area (TPSA) is 68.9 Å². The quantitative estimate of drug-likeness (QED) is 0.796. The number of Topliss-reactive ketones (excluding diaryl/α,β-unsaturated/α-hetero) is 1. The molecular weight excluding hydrogens is 226 g/mol. The van der Waals surface area contributed by atoms with E-state index in [1.165, 1.54) is 11.3 Å². The van der Waals surface area contributed by atoms with E-state index < -0.39 is 0 Å². The van der Waals surface area contributed by atoms with Crippen molar-refractivity contribution < 1.29 is 9.32 Å². The summed E-state index contributed by atoms with van der Waals surface area (Å²) in [6.45, 7) is 1.96. The van der Waals surface area contributed by atoms with Crippen LogP contribution in [0.3, 0.4) is 0 Å². The van der Waals surface area contributed by atoms with Crippen LogP contribution in [0.4, 0.5) is 0 Å². The van der Waals surface area contributed by atoms with Crippen molar-refractivity contribution in [2.45, 2.75) is 26.2 Å². The Bertz CT molecular complexity index is 464. The highest BCUT2D eigenvalue weighted by Crippen LogP contribution is 2.15. The van der Waals surface area contributed by atoms with E-state index >= 15 is 0 Å². The predicted molar refractivity (Wildman–Crippen MR) is 59.0 cm³/mol. The Hall–Kier alpha value is -1.56. The molecule has 0 atom stereocenters. The van der Waals surface area contributed by atoms with Crippen LogP contribution < -0.4 is 0 Å². The third-order valence-electron chi connectivity index (χ3n) is 2.01. The summed E-state index contributed by atoms with van der Waals surface area (Å²) >= 11 is 1.47. The van der Waals surface area contributed by atoms with Crippen molar-refractivity contribution in [3.8, 4) is 11.5 Å². The molecule has 2 aromatic rings. The van der Waals surface area contributed by atoms with Crippen LogP contribution in [0.1, 0.15) is 25.7 Å². The molecule has 2 rings (SSSR count). The van der Waals surface area contributed by atoms with E-state index in [1.807, 2.05) is 12.3 Å². The molecule has 2 heterocycles. The maximum atomic E-state index is 11.4. The Labute approximate surface area is 96.5 Å². The maximum Gasteiger partial charge on any atom is 0.234 e. The number of hydrogen-bond acceptors (Lipinski definition) is 6. The van der Waals surface area contributed by atoms with Crippen LogP contribution in [0.25, 0.3) is 11.5 Å². The number of carbonyl (C=O) groups is 1. The van der Waals surface area contributed by atoms with Gasteiger partial charge in [-0.1, -0.05) is 12.1 Å². The zero-order valence-corrected chi connectivity index (χ0v) is 9.66. The van der Waals surface area contributed by atoms with Gasteiger partial charge in [-0.3, -0.25) is 4.79 Å². The molecule has 6 heteroatoms. The van der Waals surface area contributed by atoms with Crippen LogP contribution in [0, 0.1) is 0 Å². The van der Waals surface area contributed by atoms with Crippen LogP contribution in [0.15, 0.2) is 15.4 Å². The number of thiazole rings is 1. The summed E-state index contributed by atoms with van der Waals surface area (Å²) in [4.78, 5) is 19.6. The first kappa shape index (κ1) is 10.9. The van der Waals surface area contributed by atoms with Crippen molar-refractivity contribution >= 4 is 17.1 Å². The van der Waals surface area contributed by atoms with Crippen molar-refractivity contribution in [3.63, 3.8) is 0 Å². The Kier molecular flexibility index (Phi) is 3.40. The van der Waals surface area contributed by atoms with Crippen LogP contribution in [-0.4, -0.2) is 20.9 Å². The molecule has 0 N–H and O–H groups in total. The number of carbonyl (C=O) groups excluding carboxylic acids is 1. The molecule has 0 saturated carbocycles. The fraction of sp³-hybridized carbons (Fsp3) is 0.400. The van der Waals surface area contributed by atoms with Gasteiger partial charge in [-0.05, 0) is 6.42 Å². The van der Waals surface area contributed by atoms with Gasteiger partial charge in [0.25, 0.3) is 0 Å². The number of rotatable bonds is 5. The number of ketones is 1. The van der Waals surface area contributed by atoms with Crippen LogP contribution in [0.2, 0.25) is 0 Å². The summed E-state index contributed by atoms with van der Waals surface area (Å²) in [5.41, 5.74) is 2.39. The molecule has 0 aromatic carbocycles. The van der Waals surface area contributed by atoms with Gasteiger partial charge in [-0.25, -0.2) is 4.98 Å². The van der Waals surface area contributed by atoms with Crippen molar-refractivity contribution in [2.75, 3.05) is 0 Å².